The predicted molar refractivity (Wildman–Crippen MR) is 63.4 cm³/mol. The SMILES string of the molecule is CC1OCCC1NC(=O)c1ccnc(CN)c1. The molecule has 2 atom stereocenters. The van der Waals surface area contributed by atoms with Crippen LogP contribution < -0.4 is 11.1 Å². The normalized spacial score (nSPS) is 23.6. The molecule has 2 unspecified atom stereocenters. The third kappa shape index (κ3) is 2.81. The molecule has 0 aromatic carbocycles. The number of hydrogen-bond donors (Lipinski definition) is 2. The molecule has 0 bridgehead atoms. The lowest BCUT2D eigenvalue weighted by Crippen LogP contribution is -2.39. The Hall–Kier alpha value is -1.46. The highest BCUT2D eigenvalue weighted by molar-refractivity contribution is 5.94. The Bertz CT molecular complexity index is 408. The van der Waals surface area contributed by atoms with Crippen molar-refractivity contribution in [3.63, 3.8) is 0 Å². The largest absolute Gasteiger partial charge is 0.376 e. The summed E-state index contributed by atoms with van der Waals surface area (Å²) in [5.74, 6) is -0.0931. The van der Waals surface area contributed by atoms with E-state index in [0.717, 1.165) is 6.42 Å². The van der Waals surface area contributed by atoms with Crippen LogP contribution in [0.1, 0.15) is 29.4 Å². The topological polar surface area (TPSA) is 77.2 Å². The number of nitrogens with one attached hydrogen (secondary N) is 1. The molecule has 5 heteroatoms. The van der Waals surface area contributed by atoms with Crippen molar-refractivity contribution in [2.75, 3.05) is 6.61 Å². The second-order valence-corrected chi connectivity index (χ2v) is 4.18. The van der Waals surface area contributed by atoms with E-state index in [1.54, 1.807) is 18.3 Å². The summed E-state index contributed by atoms with van der Waals surface area (Å²) in [5, 5.41) is 2.96. The minimum absolute atomic E-state index is 0.0785. The van der Waals surface area contributed by atoms with Crippen molar-refractivity contribution in [1.29, 1.82) is 0 Å². The minimum Gasteiger partial charge on any atom is -0.376 e. The van der Waals surface area contributed by atoms with Crippen molar-refractivity contribution < 1.29 is 9.53 Å². The van der Waals surface area contributed by atoms with E-state index in [0.29, 0.717) is 24.4 Å². The van der Waals surface area contributed by atoms with E-state index in [1.807, 2.05) is 6.92 Å². The fourth-order valence-corrected chi connectivity index (χ4v) is 1.90. The summed E-state index contributed by atoms with van der Waals surface area (Å²) < 4.78 is 5.40. The van der Waals surface area contributed by atoms with Crippen molar-refractivity contribution >= 4 is 5.91 Å². The summed E-state index contributed by atoms with van der Waals surface area (Å²) in [6.45, 7) is 3.01. The zero-order valence-electron chi connectivity index (χ0n) is 9.85. The van der Waals surface area contributed by atoms with Gasteiger partial charge in [-0.2, -0.15) is 0 Å². The number of ether oxygens (including phenoxy) is 1. The molecule has 0 radical (unpaired) electrons. The zero-order valence-corrected chi connectivity index (χ0v) is 9.85. The van der Waals surface area contributed by atoms with E-state index >= 15 is 0 Å². The number of amides is 1. The highest BCUT2D eigenvalue weighted by atomic mass is 16.5. The Morgan fingerprint density at radius 2 is 2.53 bits per heavy atom. The average Bonchev–Trinajstić information content (AvgIpc) is 2.75. The molecule has 1 aromatic rings. The Morgan fingerprint density at radius 3 is 3.18 bits per heavy atom. The predicted octanol–water partition coefficient (Wildman–Crippen LogP) is 0.448. The van der Waals surface area contributed by atoms with Crippen molar-refractivity contribution in [3.8, 4) is 0 Å². The molecule has 1 aromatic heterocycles. The molecule has 1 aliphatic heterocycles. The van der Waals surface area contributed by atoms with E-state index < -0.39 is 0 Å². The molecule has 3 N–H and O–H groups in total. The number of rotatable bonds is 3. The first kappa shape index (κ1) is 12.0. The molecule has 92 valence electrons. The minimum atomic E-state index is -0.0931. The quantitative estimate of drug-likeness (QED) is 0.797. The van der Waals surface area contributed by atoms with Crippen LogP contribution in [0, 0.1) is 0 Å². The van der Waals surface area contributed by atoms with Gasteiger partial charge in [0.1, 0.15) is 0 Å². The molecule has 2 heterocycles. The van der Waals surface area contributed by atoms with E-state index in [1.165, 1.54) is 0 Å². The van der Waals surface area contributed by atoms with Gasteiger partial charge in [0.15, 0.2) is 0 Å². The monoisotopic (exact) mass is 235 g/mol. The lowest BCUT2D eigenvalue weighted by molar-refractivity contribution is 0.0866. The smallest absolute Gasteiger partial charge is 0.251 e. The summed E-state index contributed by atoms with van der Waals surface area (Å²) in [4.78, 5) is 16.0. The van der Waals surface area contributed by atoms with Crippen LogP contribution in [0.5, 0.6) is 0 Å². The van der Waals surface area contributed by atoms with Crippen molar-refractivity contribution in [3.05, 3.63) is 29.6 Å². The molecule has 2 rings (SSSR count). The second kappa shape index (κ2) is 5.25. The summed E-state index contributed by atoms with van der Waals surface area (Å²) in [7, 11) is 0. The number of nitrogens with two attached hydrogens (primary N) is 1. The maximum atomic E-state index is 12.0. The van der Waals surface area contributed by atoms with Crippen molar-refractivity contribution in [2.24, 2.45) is 5.73 Å². The Kier molecular flexibility index (Phi) is 3.71. The van der Waals surface area contributed by atoms with Crippen LogP contribution in [0.3, 0.4) is 0 Å². The Balaban J connectivity index is 2.03. The molecule has 1 aliphatic rings. The average molecular weight is 235 g/mol. The second-order valence-electron chi connectivity index (χ2n) is 4.18. The van der Waals surface area contributed by atoms with Crippen LogP contribution in [0.25, 0.3) is 0 Å². The standard InChI is InChI=1S/C12H17N3O2/c1-8-11(3-5-17-8)15-12(16)9-2-4-14-10(6-9)7-13/h2,4,6,8,11H,3,5,7,13H2,1H3,(H,15,16). The van der Waals surface area contributed by atoms with Crippen molar-refractivity contribution in [2.45, 2.75) is 32.0 Å². The van der Waals surface area contributed by atoms with Crippen LogP contribution in [0.4, 0.5) is 0 Å². The first-order valence-electron chi connectivity index (χ1n) is 5.78. The molecule has 17 heavy (non-hydrogen) atoms. The number of pyridine rings is 1. The van der Waals surface area contributed by atoms with E-state index in [4.69, 9.17) is 10.5 Å². The Morgan fingerprint density at radius 1 is 1.71 bits per heavy atom. The number of nitrogens with zero attached hydrogens (tertiary/aromatic N) is 1. The Labute approximate surface area is 100 Å². The molecular weight excluding hydrogens is 218 g/mol. The van der Waals surface area contributed by atoms with Gasteiger partial charge in [-0.05, 0) is 25.5 Å². The van der Waals surface area contributed by atoms with Gasteiger partial charge in [-0.15, -0.1) is 0 Å². The first-order chi connectivity index (χ1) is 8.20. The summed E-state index contributed by atoms with van der Waals surface area (Å²) >= 11 is 0. The van der Waals surface area contributed by atoms with Gasteiger partial charge < -0.3 is 15.8 Å². The highest BCUT2D eigenvalue weighted by Crippen LogP contribution is 2.13. The van der Waals surface area contributed by atoms with E-state index in [9.17, 15) is 4.79 Å². The van der Waals surface area contributed by atoms with Crippen LogP contribution in [-0.4, -0.2) is 29.6 Å². The number of carbonyl (C=O) groups excluding carboxylic acids is 1. The van der Waals surface area contributed by atoms with Gasteiger partial charge in [0.25, 0.3) is 5.91 Å². The van der Waals surface area contributed by atoms with Gasteiger partial charge in [0.05, 0.1) is 17.8 Å². The first-order valence-corrected chi connectivity index (χ1v) is 5.78. The maximum absolute atomic E-state index is 12.0. The van der Waals surface area contributed by atoms with Gasteiger partial charge in [0, 0.05) is 24.9 Å². The number of carbonyl (C=O) groups is 1. The molecule has 5 nitrogen and oxygen atoms in total. The lowest BCUT2D eigenvalue weighted by atomic mass is 10.1. The lowest BCUT2D eigenvalue weighted by Gasteiger charge is -2.16. The molecule has 1 amide bonds. The molecular formula is C12H17N3O2. The van der Waals surface area contributed by atoms with Crippen LogP contribution in [-0.2, 0) is 11.3 Å². The fraction of sp³-hybridized carbons (Fsp3) is 0.500. The van der Waals surface area contributed by atoms with E-state index in [-0.39, 0.29) is 18.1 Å². The van der Waals surface area contributed by atoms with Crippen LogP contribution in [0.15, 0.2) is 18.3 Å². The van der Waals surface area contributed by atoms with Gasteiger partial charge in [-0.1, -0.05) is 0 Å². The third-order valence-electron chi connectivity index (χ3n) is 2.98. The van der Waals surface area contributed by atoms with Gasteiger partial charge in [-0.3, -0.25) is 9.78 Å². The summed E-state index contributed by atoms with van der Waals surface area (Å²) in [6.07, 6.45) is 2.54. The zero-order chi connectivity index (χ0) is 12.3. The summed E-state index contributed by atoms with van der Waals surface area (Å²) in [6, 6.07) is 3.50. The molecule has 1 saturated heterocycles. The highest BCUT2D eigenvalue weighted by Gasteiger charge is 2.25. The molecule has 0 saturated carbocycles. The van der Waals surface area contributed by atoms with Gasteiger partial charge in [-0.25, -0.2) is 0 Å². The van der Waals surface area contributed by atoms with Gasteiger partial charge in [0.2, 0.25) is 0 Å². The third-order valence-corrected chi connectivity index (χ3v) is 2.98. The number of hydrogen-bond acceptors (Lipinski definition) is 4. The number of aromatic nitrogens is 1. The molecule has 0 spiro atoms. The summed E-state index contributed by atoms with van der Waals surface area (Å²) in [5.41, 5.74) is 6.80. The van der Waals surface area contributed by atoms with Crippen LogP contribution in [0.2, 0.25) is 0 Å². The van der Waals surface area contributed by atoms with E-state index in [2.05, 4.69) is 10.3 Å². The molecule has 0 aliphatic carbocycles. The van der Waals surface area contributed by atoms with Crippen LogP contribution >= 0.6 is 0 Å². The molecule has 1 fully saturated rings. The van der Waals surface area contributed by atoms with Gasteiger partial charge >= 0.3 is 0 Å². The maximum Gasteiger partial charge on any atom is 0.251 e. The van der Waals surface area contributed by atoms with Crippen molar-refractivity contribution in [1.82, 2.24) is 10.3 Å². The fourth-order valence-electron chi connectivity index (χ4n) is 1.90.